The molecule has 0 aliphatic carbocycles. The van der Waals surface area contributed by atoms with Crippen LogP contribution in [0.15, 0.2) is 83.5 Å². The first kappa shape index (κ1) is 21.9. The maximum Gasteiger partial charge on any atom is 0.251 e. The molecule has 1 heterocycles. The van der Waals surface area contributed by atoms with Crippen molar-refractivity contribution in [3.05, 3.63) is 105 Å². The van der Waals surface area contributed by atoms with Gasteiger partial charge in [0.05, 0.1) is 5.69 Å². The van der Waals surface area contributed by atoms with Crippen LogP contribution in [-0.4, -0.2) is 15.9 Å². The third-order valence-electron chi connectivity index (χ3n) is 4.65. The number of carbonyl (C=O) groups is 1. The number of aromatic nitrogens is 2. The van der Waals surface area contributed by atoms with Gasteiger partial charge in [0.1, 0.15) is 5.82 Å². The van der Waals surface area contributed by atoms with Gasteiger partial charge in [-0.3, -0.25) is 4.79 Å². The average Bonchev–Trinajstić information content (AvgIpc) is 2.79. The van der Waals surface area contributed by atoms with Gasteiger partial charge in [0, 0.05) is 44.6 Å². The summed E-state index contributed by atoms with van der Waals surface area (Å²) in [6.07, 6.45) is 1.67. The molecule has 0 saturated heterocycles. The summed E-state index contributed by atoms with van der Waals surface area (Å²) in [7, 11) is 0. The van der Waals surface area contributed by atoms with Crippen LogP contribution in [0.4, 0.5) is 16.0 Å². The Morgan fingerprint density at radius 2 is 1.75 bits per heavy atom. The van der Waals surface area contributed by atoms with Gasteiger partial charge >= 0.3 is 0 Å². The maximum absolute atomic E-state index is 13.9. The van der Waals surface area contributed by atoms with Crippen molar-refractivity contribution in [1.82, 2.24) is 15.3 Å². The number of rotatable bonds is 6. The Bertz CT molecular complexity index is 1250. The molecule has 5 nitrogen and oxygen atoms in total. The highest BCUT2D eigenvalue weighted by Gasteiger charge is 2.09. The second-order valence-corrected chi connectivity index (χ2v) is 8.25. The number of benzene rings is 3. The lowest BCUT2D eigenvalue weighted by atomic mass is 10.1. The molecule has 4 aromatic rings. The quantitative estimate of drug-likeness (QED) is 0.316. The molecule has 1 amide bonds. The van der Waals surface area contributed by atoms with E-state index in [0.717, 1.165) is 16.9 Å². The van der Waals surface area contributed by atoms with E-state index in [4.69, 9.17) is 11.6 Å². The summed E-state index contributed by atoms with van der Waals surface area (Å²) < 4.78 is 14.6. The van der Waals surface area contributed by atoms with Gasteiger partial charge in [-0.15, -0.1) is 0 Å². The van der Waals surface area contributed by atoms with Crippen molar-refractivity contribution in [2.24, 2.45) is 0 Å². The van der Waals surface area contributed by atoms with E-state index in [0.29, 0.717) is 26.6 Å². The van der Waals surface area contributed by atoms with Crippen LogP contribution in [0.2, 0.25) is 5.02 Å². The van der Waals surface area contributed by atoms with Crippen LogP contribution >= 0.6 is 27.5 Å². The smallest absolute Gasteiger partial charge is 0.251 e. The molecule has 0 aliphatic rings. The van der Waals surface area contributed by atoms with Crippen molar-refractivity contribution >= 4 is 45.1 Å². The first-order chi connectivity index (χ1) is 15.5. The van der Waals surface area contributed by atoms with E-state index in [1.807, 2.05) is 18.2 Å². The lowest BCUT2D eigenvalue weighted by molar-refractivity contribution is 0.0950. The van der Waals surface area contributed by atoms with Gasteiger partial charge in [0.15, 0.2) is 0 Å². The van der Waals surface area contributed by atoms with Crippen molar-refractivity contribution < 1.29 is 9.18 Å². The monoisotopic (exact) mass is 510 g/mol. The van der Waals surface area contributed by atoms with Crippen LogP contribution in [0.25, 0.3) is 11.3 Å². The van der Waals surface area contributed by atoms with Crippen molar-refractivity contribution in [1.29, 1.82) is 0 Å². The van der Waals surface area contributed by atoms with Crippen LogP contribution in [-0.2, 0) is 6.54 Å². The number of amides is 1. The van der Waals surface area contributed by atoms with E-state index in [2.05, 4.69) is 36.5 Å². The molecule has 160 valence electrons. The summed E-state index contributed by atoms with van der Waals surface area (Å²) in [5, 5.41) is 6.51. The van der Waals surface area contributed by atoms with Gasteiger partial charge in [-0.1, -0.05) is 45.7 Å². The van der Waals surface area contributed by atoms with E-state index in [-0.39, 0.29) is 18.3 Å². The Kier molecular flexibility index (Phi) is 6.78. The van der Waals surface area contributed by atoms with Crippen molar-refractivity contribution in [2.45, 2.75) is 6.54 Å². The topological polar surface area (TPSA) is 66.9 Å². The fraction of sp³-hybridized carbons (Fsp3) is 0.0417. The highest BCUT2D eigenvalue weighted by Crippen LogP contribution is 2.22. The third kappa shape index (κ3) is 5.49. The number of anilines is 2. The molecule has 0 unspecified atom stereocenters. The number of halogens is 3. The molecular weight excluding hydrogens is 495 g/mol. The molecule has 3 aromatic carbocycles. The van der Waals surface area contributed by atoms with Crippen LogP contribution in [0.3, 0.4) is 0 Å². The second kappa shape index (κ2) is 9.89. The minimum Gasteiger partial charge on any atom is -0.348 e. The fourth-order valence-corrected chi connectivity index (χ4v) is 3.44. The molecule has 0 bridgehead atoms. The van der Waals surface area contributed by atoms with Crippen molar-refractivity contribution in [3.8, 4) is 11.3 Å². The third-order valence-corrected chi connectivity index (χ3v) is 5.40. The van der Waals surface area contributed by atoms with Gasteiger partial charge in [0.2, 0.25) is 5.95 Å². The molecule has 0 spiro atoms. The Labute approximate surface area is 197 Å². The molecule has 1 aromatic heterocycles. The number of carbonyl (C=O) groups excluding carboxylic acids is 1. The lowest BCUT2D eigenvalue weighted by Crippen LogP contribution is -2.23. The fourth-order valence-electron chi connectivity index (χ4n) is 2.98. The van der Waals surface area contributed by atoms with Crippen LogP contribution in [0.5, 0.6) is 0 Å². The molecule has 8 heteroatoms. The summed E-state index contributed by atoms with van der Waals surface area (Å²) in [4.78, 5) is 21.2. The number of nitrogens with zero attached hydrogens (tertiary/aromatic N) is 2. The number of nitrogens with one attached hydrogen (secondary N) is 2. The molecular formula is C24H17BrClFN4O. The van der Waals surface area contributed by atoms with E-state index in [1.54, 1.807) is 54.7 Å². The predicted molar refractivity (Wildman–Crippen MR) is 127 cm³/mol. The van der Waals surface area contributed by atoms with Gasteiger partial charge in [-0.2, -0.15) is 0 Å². The van der Waals surface area contributed by atoms with E-state index < -0.39 is 0 Å². The lowest BCUT2D eigenvalue weighted by Gasteiger charge is -2.09. The largest absolute Gasteiger partial charge is 0.348 e. The van der Waals surface area contributed by atoms with Gasteiger partial charge < -0.3 is 10.6 Å². The van der Waals surface area contributed by atoms with E-state index >= 15 is 0 Å². The van der Waals surface area contributed by atoms with E-state index in [1.165, 1.54) is 6.07 Å². The summed E-state index contributed by atoms with van der Waals surface area (Å²) in [5.74, 6) is -0.236. The highest BCUT2D eigenvalue weighted by molar-refractivity contribution is 9.10. The highest BCUT2D eigenvalue weighted by atomic mass is 79.9. The zero-order chi connectivity index (χ0) is 22.5. The van der Waals surface area contributed by atoms with Crippen LogP contribution in [0, 0.1) is 5.82 Å². The molecule has 0 radical (unpaired) electrons. The summed E-state index contributed by atoms with van der Waals surface area (Å²) in [6.45, 7) is 0.100. The Balaban J connectivity index is 1.40. The minimum absolute atomic E-state index is 0.100. The molecule has 0 aliphatic heterocycles. The van der Waals surface area contributed by atoms with Gasteiger partial charge in [-0.25, -0.2) is 14.4 Å². The SMILES string of the molecule is O=C(NCc1ccc(Br)cc1F)c1ccc(Nc2nccc(-c3ccc(Cl)cc3)n2)cc1. The Morgan fingerprint density at radius 3 is 2.47 bits per heavy atom. The number of hydrogen-bond acceptors (Lipinski definition) is 4. The first-order valence-electron chi connectivity index (χ1n) is 9.66. The summed E-state index contributed by atoms with van der Waals surface area (Å²) in [6, 6.07) is 20.8. The summed E-state index contributed by atoms with van der Waals surface area (Å²) in [5.41, 5.74) is 3.29. The zero-order valence-corrected chi connectivity index (χ0v) is 19.0. The number of hydrogen-bond donors (Lipinski definition) is 2. The Morgan fingerprint density at radius 1 is 1.00 bits per heavy atom. The first-order valence-corrected chi connectivity index (χ1v) is 10.8. The molecule has 0 atom stereocenters. The molecule has 4 rings (SSSR count). The molecule has 0 fully saturated rings. The molecule has 0 saturated carbocycles. The molecule has 32 heavy (non-hydrogen) atoms. The average molecular weight is 512 g/mol. The summed E-state index contributed by atoms with van der Waals surface area (Å²) >= 11 is 9.16. The van der Waals surface area contributed by atoms with Crippen LogP contribution < -0.4 is 10.6 Å². The minimum atomic E-state index is -0.375. The predicted octanol–water partition coefficient (Wildman–Crippen LogP) is 6.37. The Hall–Kier alpha value is -3.29. The van der Waals surface area contributed by atoms with Crippen molar-refractivity contribution in [2.75, 3.05) is 5.32 Å². The normalized spacial score (nSPS) is 10.6. The molecule has 2 N–H and O–H groups in total. The maximum atomic E-state index is 13.9. The standard InChI is InChI=1S/C24H17BrClFN4O/c25-18-6-1-17(21(27)13-18)14-29-23(32)16-4-9-20(10-5-16)30-24-28-12-11-22(31-24)15-2-7-19(26)8-3-15/h1-13H,14H2,(H,29,32)(H,28,30,31). The van der Waals surface area contributed by atoms with Gasteiger partial charge in [0.25, 0.3) is 5.91 Å². The van der Waals surface area contributed by atoms with Gasteiger partial charge in [-0.05, 0) is 54.6 Å². The second-order valence-electron chi connectivity index (χ2n) is 6.89. The van der Waals surface area contributed by atoms with E-state index in [9.17, 15) is 9.18 Å². The van der Waals surface area contributed by atoms with Crippen LogP contribution in [0.1, 0.15) is 15.9 Å². The zero-order valence-electron chi connectivity index (χ0n) is 16.6. The van der Waals surface area contributed by atoms with Crippen molar-refractivity contribution in [3.63, 3.8) is 0 Å².